The molecule has 2 saturated heterocycles. The third-order valence-electron chi connectivity index (χ3n) is 4.89. The van der Waals surface area contributed by atoms with Gasteiger partial charge in [-0.2, -0.15) is 0 Å². The molecule has 17 heavy (non-hydrogen) atoms. The van der Waals surface area contributed by atoms with Crippen LogP contribution in [0.25, 0.3) is 0 Å². The standard InChI is InChI=1S/C14H28N2O/c1-4-14(3,11-17)10-16-9-13-6-5-7-15(13)8-12(16)2/h12-13,17H,4-11H2,1-3H3. The van der Waals surface area contributed by atoms with Crippen molar-refractivity contribution in [3.63, 3.8) is 0 Å². The number of aliphatic hydroxyl groups is 1. The molecule has 2 aliphatic heterocycles. The van der Waals surface area contributed by atoms with Gasteiger partial charge in [0.25, 0.3) is 0 Å². The number of hydrogen-bond acceptors (Lipinski definition) is 3. The van der Waals surface area contributed by atoms with E-state index in [1.54, 1.807) is 0 Å². The maximum absolute atomic E-state index is 9.55. The zero-order valence-corrected chi connectivity index (χ0v) is 11.7. The van der Waals surface area contributed by atoms with E-state index in [1.165, 1.54) is 32.5 Å². The third-order valence-corrected chi connectivity index (χ3v) is 4.89. The van der Waals surface area contributed by atoms with E-state index >= 15 is 0 Å². The first-order valence-electron chi connectivity index (χ1n) is 7.17. The number of fused-ring (bicyclic) bond motifs is 1. The summed E-state index contributed by atoms with van der Waals surface area (Å²) in [7, 11) is 0. The Hall–Kier alpha value is -0.120. The Morgan fingerprint density at radius 2 is 2.12 bits per heavy atom. The van der Waals surface area contributed by atoms with Crippen LogP contribution in [0.5, 0.6) is 0 Å². The number of rotatable bonds is 4. The summed E-state index contributed by atoms with van der Waals surface area (Å²) in [6.07, 6.45) is 3.79. The summed E-state index contributed by atoms with van der Waals surface area (Å²) < 4.78 is 0. The molecule has 100 valence electrons. The first kappa shape index (κ1) is 13.3. The van der Waals surface area contributed by atoms with Crippen molar-refractivity contribution in [1.29, 1.82) is 0 Å². The van der Waals surface area contributed by atoms with Gasteiger partial charge in [-0.3, -0.25) is 9.80 Å². The van der Waals surface area contributed by atoms with Gasteiger partial charge in [-0.25, -0.2) is 0 Å². The molecule has 3 heteroatoms. The van der Waals surface area contributed by atoms with Gasteiger partial charge < -0.3 is 5.11 Å². The van der Waals surface area contributed by atoms with E-state index in [1.807, 2.05) is 0 Å². The lowest BCUT2D eigenvalue weighted by atomic mass is 9.87. The molecule has 0 saturated carbocycles. The monoisotopic (exact) mass is 240 g/mol. The lowest BCUT2D eigenvalue weighted by Crippen LogP contribution is -2.57. The van der Waals surface area contributed by atoms with Crippen molar-refractivity contribution in [2.45, 2.75) is 52.1 Å². The van der Waals surface area contributed by atoms with Crippen LogP contribution < -0.4 is 0 Å². The average Bonchev–Trinajstić information content (AvgIpc) is 2.76. The highest BCUT2D eigenvalue weighted by Gasteiger charge is 2.36. The average molecular weight is 240 g/mol. The number of aliphatic hydroxyl groups excluding tert-OH is 1. The Balaban J connectivity index is 1.96. The largest absolute Gasteiger partial charge is 0.396 e. The molecular weight excluding hydrogens is 212 g/mol. The molecule has 0 amide bonds. The van der Waals surface area contributed by atoms with Crippen LogP contribution in [0.1, 0.15) is 40.0 Å². The lowest BCUT2D eigenvalue weighted by molar-refractivity contribution is 0.0104. The zero-order chi connectivity index (χ0) is 12.5. The third kappa shape index (κ3) is 2.83. The summed E-state index contributed by atoms with van der Waals surface area (Å²) in [5.41, 5.74) is 0.0784. The maximum atomic E-state index is 9.55. The minimum absolute atomic E-state index is 0.0784. The number of nitrogens with zero attached hydrogens (tertiary/aromatic N) is 2. The van der Waals surface area contributed by atoms with Crippen LogP contribution in [0.3, 0.4) is 0 Å². The minimum atomic E-state index is 0.0784. The van der Waals surface area contributed by atoms with Crippen LogP contribution in [0.15, 0.2) is 0 Å². The zero-order valence-electron chi connectivity index (χ0n) is 11.7. The van der Waals surface area contributed by atoms with Crippen molar-refractivity contribution >= 4 is 0 Å². The van der Waals surface area contributed by atoms with Gasteiger partial charge in [-0.15, -0.1) is 0 Å². The molecule has 0 aliphatic carbocycles. The molecule has 2 rings (SSSR count). The molecule has 2 aliphatic rings. The van der Waals surface area contributed by atoms with Crippen LogP contribution in [-0.2, 0) is 0 Å². The van der Waals surface area contributed by atoms with Crippen molar-refractivity contribution in [1.82, 2.24) is 9.80 Å². The Morgan fingerprint density at radius 3 is 2.76 bits per heavy atom. The van der Waals surface area contributed by atoms with Gasteiger partial charge in [0.15, 0.2) is 0 Å². The molecule has 1 N–H and O–H groups in total. The van der Waals surface area contributed by atoms with Crippen molar-refractivity contribution in [2.75, 3.05) is 32.8 Å². The van der Waals surface area contributed by atoms with E-state index in [0.717, 1.165) is 19.0 Å². The van der Waals surface area contributed by atoms with Gasteiger partial charge in [-0.1, -0.05) is 13.8 Å². The molecule has 3 atom stereocenters. The van der Waals surface area contributed by atoms with E-state index in [2.05, 4.69) is 30.6 Å². The molecule has 0 radical (unpaired) electrons. The second-order valence-corrected chi connectivity index (χ2v) is 6.39. The van der Waals surface area contributed by atoms with Crippen LogP contribution in [0.2, 0.25) is 0 Å². The molecular formula is C14H28N2O. The fourth-order valence-corrected chi connectivity index (χ4v) is 3.23. The summed E-state index contributed by atoms with van der Waals surface area (Å²) in [5.74, 6) is 0. The minimum Gasteiger partial charge on any atom is -0.396 e. The van der Waals surface area contributed by atoms with Gasteiger partial charge in [0, 0.05) is 43.7 Å². The Labute approximate surface area is 106 Å². The van der Waals surface area contributed by atoms with Crippen LogP contribution in [0, 0.1) is 5.41 Å². The molecule has 0 spiro atoms. The molecule has 3 unspecified atom stereocenters. The smallest absolute Gasteiger partial charge is 0.0496 e. The molecule has 0 aromatic heterocycles. The van der Waals surface area contributed by atoms with E-state index in [4.69, 9.17) is 0 Å². The van der Waals surface area contributed by atoms with Gasteiger partial charge in [0.2, 0.25) is 0 Å². The molecule has 3 nitrogen and oxygen atoms in total. The fourth-order valence-electron chi connectivity index (χ4n) is 3.23. The first-order valence-corrected chi connectivity index (χ1v) is 7.17. The highest BCUT2D eigenvalue weighted by Crippen LogP contribution is 2.28. The van der Waals surface area contributed by atoms with E-state index < -0.39 is 0 Å². The first-order chi connectivity index (χ1) is 8.08. The number of piperazine rings is 1. The predicted molar refractivity (Wildman–Crippen MR) is 71.1 cm³/mol. The Kier molecular flexibility index (Phi) is 4.11. The molecule has 2 fully saturated rings. The second kappa shape index (κ2) is 5.25. The highest BCUT2D eigenvalue weighted by molar-refractivity contribution is 4.92. The van der Waals surface area contributed by atoms with Crippen molar-refractivity contribution in [3.05, 3.63) is 0 Å². The quantitative estimate of drug-likeness (QED) is 0.808. The van der Waals surface area contributed by atoms with Crippen LogP contribution in [0.4, 0.5) is 0 Å². The van der Waals surface area contributed by atoms with E-state index in [9.17, 15) is 5.11 Å². The van der Waals surface area contributed by atoms with Crippen molar-refractivity contribution < 1.29 is 5.11 Å². The lowest BCUT2D eigenvalue weighted by Gasteiger charge is -2.45. The Morgan fingerprint density at radius 1 is 1.35 bits per heavy atom. The topological polar surface area (TPSA) is 26.7 Å². The summed E-state index contributed by atoms with van der Waals surface area (Å²) in [5, 5.41) is 9.55. The fraction of sp³-hybridized carbons (Fsp3) is 1.00. The normalized spacial score (nSPS) is 34.6. The molecule has 0 aromatic carbocycles. The summed E-state index contributed by atoms with van der Waals surface area (Å²) in [6, 6.07) is 1.42. The van der Waals surface area contributed by atoms with Crippen molar-refractivity contribution in [2.24, 2.45) is 5.41 Å². The van der Waals surface area contributed by atoms with Gasteiger partial charge in [0.1, 0.15) is 0 Å². The van der Waals surface area contributed by atoms with Crippen LogP contribution >= 0.6 is 0 Å². The predicted octanol–water partition coefficient (Wildman–Crippen LogP) is 1.56. The maximum Gasteiger partial charge on any atom is 0.0496 e. The molecule has 0 bridgehead atoms. The SMILES string of the molecule is CCC(C)(CO)CN1CC2CCCN2CC1C. The van der Waals surface area contributed by atoms with Gasteiger partial charge >= 0.3 is 0 Å². The van der Waals surface area contributed by atoms with Crippen molar-refractivity contribution in [3.8, 4) is 0 Å². The molecule has 0 aromatic rings. The molecule has 2 heterocycles. The van der Waals surface area contributed by atoms with Gasteiger partial charge in [-0.05, 0) is 32.7 Å². The van der Waals surface area contributed by atoms with E-state index in [0.29, 0.717) is 12.6 Å². The second-order valence-electron chi connectivity index (χ2n) is 6.39. The number of hydrogen-bond donors (Lipinski definition) is 1. The van der Waals surface area contributed by atoms with E-state index in [-0.39, 0.29) is 5.41 Å². The summed E-state index contributed by atoms with van der Waals surface area (Å²) in [6.45, 7) is 11.8. The van der Waals surface area contributed by atoms with Gasteiger partial charge in [0.05, 0.1) is 0 Å². The van der Waals surface area contributed by atoms with Crippen LogP contribution in [-0.4, -0.2) is 59.8 Å². The summed E-state index contributed by atoms with van der Waals surface area (Å²) >= 11 is 0. The highest BCUT2D eigenvalue weighted by atomic mass is 16.3. The summed E-state index contributed by atoms with van der Waals surface area (Å²) in [4.78, 5) is 5.26. The Bertz CT molecular complexity index is 253.